The lowest BCUT2D eigenvalue weighted by atomic mass is 9.94. The van der Waals surface area contributed by atoms with Gasteiger partial charge >= 0.3 is 0 Å². The Kier molecular flexibility index (Phi) is 3.69. The summed E-state index contributed by atoms with van der Waals surface area (Å²) in [5.74, 6) is 0. The maximum Gasteiger partial charge on any atom is 0.182 e. The van der Waals surface area contributed by atoms with E-state index in [9.17, 15) is 0 Å². The Balaban J connectivity index is 2.01. The lowest BCUT2D eigenvalue weighted by molar-refractivity contribution is 0.770. The van der Waals surface area contributed by atoms with Gasteiger partial charge in [-0.2, -0.15) is 5.10 Å². The molecule has 2 heterocycles. The van der Waals surface area contributed by atoms with E-state index < -0.39 is 0 Å². The molecule has 2 aromatic heterocycles. The molecule has 0 bridgehead atoms. The monoisotopic (exact) mass is 336 g/mol. The maximum absolute atomic E-state index is 6.77. The molecule has 0 saturated heterocycles. The predicted octanol–water partition coefficient (Wildman–Crippen LogP) is 4.81. The molecule has 1 aliphatic carbocycles. The molecule has 3 aromatic rings. The second-order valence-electron chi connectivity index (χ2n) is 6.00. The Morgan fingerprint density at radius 2 is 1.88 bits per heavy atom. The van der Waals surface area contributed by atoms with Crippen LogP contribution >= 0.6 is 11.6 Å². The Morgan fingerprint density at radius 1 is 1.08 bits per heavy atom. The summed E-state index contributed by atoms with van der Waals surface area (Å²) in [7, 11) is 1.88. The molecule has 1 aliphatic rings. The van der Waals surface area contributed by atoms with Crippen molar-refractivity contribution in [3.8, 4) is 11.3 Å². The SMILES string of the molecule is CC1=C(c2nn(C)c3nnc(-c4ccccc4)c(Cl)c23)CCC=C1. The fraction of sp³-hybridized carbons (Fsp3) is 0.211. The largest absolute Gasteiger partial charge is 0.248 e. The van der Waals surface area contributed by atoms with Crippen molar-refractivity contribution in [3.63, 3.8) is 0 Å². The van der Waals surface area contributed by atoms with Gasteiger partial charge in [0.05, 0.1) is 16.1 Å². The molecule has 0 amide bonds. The first-order valence-electron chi connectivity index (χ1n) is 7.98. The summed E-state index contributed by atoms with van der Waals surface area (Å²) in [6.45, 7) is 2.12. The van der Waals surface area contributed by atoms with E-state index in [0.717, 1.165) is 29.5 Å². The van der Waals surface area contributed by atoms with Crippen LogP contribution in [-0.4, -0.2) is 20.0 Å². The number of aryl methyl sites for hydroxylation is 1. The lowest BCUT2D eigenvalue weighted by Crippen LogP contribution is -1.96. The molecule has 0 fully saturated rings. The van der Waals surface area contributed by atoms with Crippen LogP contribution in [0.4, 0.5) is 0 Å². The quantitative estimate of drug-likeness (QED) is 0.674. The van der Waals surface area contributed by atoms with Crippen LogP contribution in [0, 0.1) is 0 Å². The second-order valence-corrected chi connectivity index (χ2v) is 6.38. The summed E-state index contributed by atoms with van der Waals surface area (Å²) in [5.41, 5.74) is 5.76. The molecule has 4 nitrogen and oxygen atoms in total. The van der Waals surface area contributed by atoms with E-state index in [1.807, 2.05) is 37.4 Å². The Hall–Kier alpha value is -2.46. The van der Waals surface area contributed by atoms with Gasteiger partial charge in [-0.1, -0.05) is 54.1 Å². The van der Waals surface area contributed by atoms with E-state index in [2.05, 4.69) is 29.3 Å². The highest BCUT2D eigenvalue weighted by Gasteiger charge is 2.22. The van der Waals surface area contributed by atoms with Crippen LogP contribution in [0.25, 0.3) is 27.9 Å². The first-order valence-corrected chi connectivity index (χ1v) is 8.35. The van der Waals surface area contributed by atoms with Crippen molar-refractivity contribution in [2.75, 3.05) is 0 Å². The number of rotatable bonds is 2. The van der Waals surface area contributed by atoms with Crippen molar-refractivity contribution in [2.45, 2.75) is 19.8 Å². The van der Waals surface area contributed by atoms with Crippen molar-refractivity contribution in [3.05, 3.63) is 58.8 Å². The summed E-state index contributed by atoms with van der Waals surface area (Å²) < 4.78 is 1.76. The molecule has 0 saturated carbocycles. The van der Waals surface area contributed by atoms with Crippen LogP contribution < -0.4 is 0 Å². The molecular weight excluding hydrogens is 320 g/mol. The second kappa shape index (κ2) is 5.87. The number of halogens is 1. The predicted molar refractivity (Wildman–Crippen MR) is 97.7 cm³/mol. The minimum absolute atomic E-state index is 0.615. The van der Waals surface area contributed by atoms with Gasteiger partial charge in [0.15, 0.2) is 5.65 Å². The number of fused-ring (bicyclic) bond motifs is 1. The fourth-order valence-corrected chi connectivity index (χ4v) is 3.49. The van der Waals surface area contributed by atoms with E-state index in [0.29, 0.717) is 16.4 Å². The molecule has 0 atom stereocenters. The van der Waals surface area contributed by atoms with E-state index in [-0.39, 0.29) is 0 Å². The molecule has 4 rings (SSSR count). The molecule has 0 N–H and O–H groups in total. The van der Waals surface area contributed by atoms with Crippen LogP contribution in [0.5, 0.6) is 0 Å². The van der Waals surface area contributed by atoms with E-state index in [4.69, 9.17) is 16.7 Å². The summed E-state index contributed by atoms with van der Waals surface area (Å²) in [4.78, 5) is 0. The molecule has 120 valence electrons. The molecule has 0 unspecified atom stereocenters. The number of hydrogen-bond donors (Lipinski definition) is 0. The normalized spacial score (nSPS) is 14.6. The minimum atomic E-state index is 0.615. The van der Waals surface area contributed by atoms with Gasteiger partial charge in [-0.05, 0) is 30.9 Å². The molecular formula is C19H17ClN4. The number of allylic oxidation sites excluding steroid dienone is 4. The van der Waals surface area contributed by atoms with Crippen molar-refractivity contribution in [2.24, 2.45) is 7.05 Å². The van der Waals surface area contributed by atoms with Crippen molar-refractivity contribution in [1.82, 2.24) is 20.0 Å². The molecule has 0 aliphatic heterocycles. The van der Waals surface area contributed by atoms with Gasteiger partial charge in [-0.15, -0.1) is 10.2 Å². The summed E-state index contributed by atoms with van der Waals surface area (Å²) in [6, 6.07) is 9.90. The van der Waals surface area contributed by atoms with Gasteiger partial charge in [-0.3, -0.25) is 0 Å². The van der Waals surface area contributed by atoms with Gasteiger partial charge in [0.25, 0.3) is 0 Å². The molecule has 24 heavy (non-hydrogen) atoms. The minimum Gasteiger partial charge on any atom is -0.248 e. The van der Waals surface area contributed by atoms with Gasteiger partial charge in [-0.25, -0.2) is 4.68 Å². The number of hydrogen-bond acceptors (Lipinski definition) is 3. The van der Waals surface area contributed by atoms with Crippen molar-refractivity contribution >= 4 is 28.2 Å². The van der Waals surface area contributed by atoms with E-state index in [1.54, 1.807) is 4.68 Å². The highest BCUT2D eigenvalue weighted by Crippen LogP contribution is 2.38. The Bertz CT molecular complexity index is 984. The van der Waals surface area contributed by atoms with E-state index >= 15 is 0 Å². The first-order chi connectivity index (χ1) is 11.7. The highest BCUT2D eigenvalue weighted by atomic mass is 35.5. The number of benzene rings is 1. The Morgan fingerprint density at radius 3 is 2.62 bits per heavy atom. The standard InChI is InChI=1S/C19H17ClN4/c1-12-8-6-7-11-14(12)18-15-16(20)17(13-9-4-3-5-10-13)21-22-19(15)24(2)23-18/h3-6,8-10H,7,11H2,1-2H3. The van der Waals surface area contributed by atoms with Crippen LogP contribution in [0.1, 0.15) is 25.5 Å². The summed E-state index contributed by atoms with van der Waals surface area (Å²) in [6.07, 6.45) is 6.33. The van der Waals surface area contributed by atoms with Crippen LogP contribution in [0.3, 0.4) is 0 Å². The van der Waals surface area contributed by atoms with Crippen molar-refractivity contribution < 1.29 is 0 Å². The average Bonchev–Trinajstić information content (AvgIpc) is 2.94. The van der Waals surface area contributed by atoms with Gasteiger partial charge < -0.3 is 0 Å². The van der Waals surface area contributed by atoms with Gasteiger partial charge in [0.2, 0.25) is 0 Å². The average molecular weight is 337 g/mol. The van der Waals surface area contributed by atoms with Crippen LogP contribution in [0.15, 0.2) is 48.1 Å². The van der Waals surface area contributed by atoms with Gasteiger partial charge in [0, 0.05) is 12.6 Å². The molecule has 1 aromatic carbocycles. The first kappa shape index (κ1) is 15.1. The molecule has 0 spiro atoms. The number of nitrogens with zero attached hydrogens (tertiary/aromatic N) is 4. The third-order valence-corrected chi connectivity index (χ3v) is 4.79. The van der Waals surface area contributed by atoms with Crippen molar-refractivity contribution in [1.29, 1.82) is 0 Å². The van der Waals surface area contributed by atoms with Crippen LogP contribution in [-0.2, 0) is 7.05 Å². The lowest BCUT2D eigenvalue weighted by Gasteiger charge is -2.12. The fourth-order valence-electron chi connectivity index (χ4n) is 3.17. The molecule has 5 heteroatoms. The number of aromatic nitrogens is 4. The topological polar surface area (TPSA) is 43.6 Å². The smallest absolute Gasteiger partial charge is 0.182 e. The molecule has 0 radical (unpaired) electrons. The van der Waals surface area contributed by atoms with Gasteiger partial charge in [0.1, 0.15) is 5.69 Å². The summed E-state index contributed by atoms with van der Waals surface area (Å²) >= 11 is 6.77. The Labute approximate surface area is 145 Å². The summed E-state index contributed by atoms with van der Waals surface area (Å²) in [5, 5.41) is 14.9. The third kappa shape index (κ3) is 2.34. The highest BCUT2D eigenvalue weighted by molar-refractivity contribution is 6.38. The zero-order valence-electron chi connectivity index (χ0n) is 13.6. The maximum atomic E-state index is 6.77. The third-order valence-electron chi connectivity index (χ3n) is 4.43. The zero-order valence-corrected chi connectivity index (χ0v) is 14.4. The van der Waals surface area contributed by atoms with E-state index in [1.165, 1.54) is 11.1 Å². The van der Waals surface area contributed by atoms with Crippen LogP contribution in [0.2, 0.25) is 5.02 Å². The zero-order chi connectivity index (χ0) is 16.7.